The molecule has 5 rings (SSSR count). The van der Waals surface area contributed by atoms with E-state index in [0.29, 0.717) is 17.0 Å². The summed E-state index contributed by atoms with van der Waals surface area (Å²) in [6.07, 6.45) is 6.01. The molecule has 0 aliphatic rings. The Bertz CT molecular complexity index is 1450. The maximum Gasteiger partial charge on any atom is 0.259 e. The predicted octanol–water partition coefficient (Wildman–Crippen LogP) is 5.55. The monoisotopic (exact) mass is 479 g/mol. The molecule has 1 amide bonds. The van der Waals surface area contributed by atoms with E-state index in [-0.39, 0.29) is 11.8 Å². The van der Waals surface area contributed by atoms with Crippen molar-refractivity contribution in [2.45, 2.75) is 32.7 Å². The number of hydrogen-bond acceptors (Lipinski definition) is 4. The van der Waals surface area contributed by atoms with Crippen molar-refractivity contribution in [1.82, 2.24) is 19.4 Å². The van der Waals surface area contributed by atoms with Gasteiger partial charge in [0.1, 0.15) is 5.75 Å². The van der Waals surface area contributed by atoms with Crippen LogP contribution < -0.4 is 10.1 Å². The first-order valence-corrected chi connectivity index (χ1v) is 12.2. The average Bonchev–Trinajstić information content (AvgIpc) is 3.52. The first-order valence-electron chi connectivity index (χ1n) is 12.2. The molecule has 0 unspecified atom stereocenters. The quantitative estimate of drug-likeness (QED) is 0.316. The minimum atomic E-state index is -0.252. The van der Waals surface area contributed by atoms with Crippen LogP contribution in [0.4, 0.5) is 5.69 Å². The number of carbonyl (C=O) groups excluding carboxylic acids is 1. The minimum Gasteiger partial charge on any atom is -0.494 e. The summed E-state index contributed by atoms with van der Waals surface area (Å²) in [7, 11) is 1.56. The highest BCUT2D eigenvalue weighted by atomic mass is 16.5. The molecule has 0 bridgehead atoms. The number of rotatable bonds is 8. The number of fused-ring (bicyclic) bond motifs is 1. The zero-order valence-corrected chi connectivity index (χ0v) is 20.7. The lowest BCUT2D eigenvalue weighted by Gasteiger charge is -2.17. The second-order valence-corrected chi connectivity index (χ2v) is 8.60. The van der Waals surface area contributed by atoms with E-state index in [9.17, 15) is 4.79 Å². The van der Waals surface area contributed by atoms with E-state index < -0.39 is 0 Å². The number of aromatic nitrogens is 4. The van der Waals surface area contributed by atoms with Crippen molar-refractivity contribution in [3.8, 4) is 5.75 Å². The standard InChI is InChI=1S/C29H29N5O2/c1-4-23-25-16-24(29(35)31-22-17-30-33(5-2)18-22)26(36-3)19-34(25)32-28(23)27(20-12-8-6-9-13-20)21-14-10-7-11-15-21/h6-19,27H,4-5H2,1-3H3,(H,31,35). The molecule has 36 heavy (non-hydrogen) atoms. The van der Waals surface area contributed by atoms with Gasteiger partial charge in [0.15, 0.2) is 0 Å². The Morgan fingerprint density at radius 1 is 1.00 bits per heavy atom. The molecule has 5 aromatic rings. The SMILES string of the molecule is CCc1c(C(c2ccccc2)c2ccccc2)nn2cc(OC)c(C(=O)Nc3cnn(CC)c3)cc12. The van der Waals surface area contributed by atoms with Gasteiger partial charge in [-0.2, -0.15) is 10.2 Å². The molecule has 2 aromatic carbocycles. The van der Waals surface area contributed by atoms with Crippen LogP contribution in [-0.4, -0.2) is 32.4 Å². The zero-order chi connectivity index (χ0) is 25.1. The molecule has 0 spiro atoms. The Labute approximate surface area is 210 Å². The van der Waals surface area contributed by atoms with Gasteiger partial charge in [0, 0.05) is 18.3 Å². The molecule has 0 radical (unpaired) electrons. The molecule has 7 nitrogen and oxygen atoms in total. The number of nitrogens with zero attached hydrogens (tertiary/aromatic N) is 4. The molecule has 0 atom stereocenters. The third kappa shape index (κ3) is 4.35. The largest absolute Gasteiger partial charge is 0.494 e. The molecule has 3 aromatic heterocycles. The number of pyridine rings is 1. The summed E-state index contributed by atoms with van der Waals surface area (Å²) in [5, 5.41) is 12.2. The van der Waals surface area contributed by atoms with Crippen molar-refractivity contribution in [3.05, 3.63) is 113 Å². The Kier molecular flexibility index (Phi) is 6.54. The number of benzene rings is 2. The minimum absolute atomic E-state index is 0.0367. The maximum atomic E-state index is 13.3. The van der Waals surface area contributed by atoms with Gasteiger partial charge in [0.2, 0.25) is 0 Å². The lowest BCUT2D eigenvalue weighted by atomic mass is 9.86. The number of methoxy groups -OCH3 is 1. The highest BCUT2D eigenvalue weighted by Crippen LogP contribution is 2.36. The Balaban J connectivity index is 1.63. The molecule has 182 valence electrons. The summed E-state index contributed by atoms with van der Waals surface area (Å²) in [6, 6.07) is 22.7. The van der Waals surface area contributed by atoms with Crippen LogP contribution in [0.25, 0.3) is 5.52 Å². The van der Waals surface area contributed by atoms with Crippen LogP contribution in [0.15, 0.2) is 85.3 Å². The summed E-state index contributed by atoms with van der Waals surface area (Å²) in [5.74, 6) is 0.165. The van der Waals surface area contributed by atoms with Crippen LogP contribution >= 0.6 is 0 Å². The van der Waals surface area contributed by atoms with E-state index in [0.717, 1.165) is 29.7 Å². The van der Waals surface area contributed by atoms with Gasteiger partial charge in [0.25, 0.3) is 5.91 Å². The normalized spacial score (nSPS) is 11.2. The number of anilines is 1. The first kappa shape index (κ1) is 23.4. The van der Waals surface area contributed by atoms with Gasteiger partial charge < -0.3 is 10.1 Å². The summed E-state index contributed by atoms with van der Waals surface area (Å²) < 4.78 is 9.21. The second-order valence-electron chi connectivity index (χ2n) is 8.60. The molecule has 0 fully saturated rings. The number of hydrogen-bond donors (Lipinski definition) is 1. The van der Waals surface area contributed by atoms with Gasteiger partial charge in [-0.15, -0.1) is 0 Å². The molecule has 0 saturated heterocycles. The Hall–Kier alpha value is -4.39. The smallest absolute Gasteiger partial charge is 0.259 e. The highest BCUT2D eigenvalue weighted by molar-refractivity contribution is 6.06. The maximum absolute atomic E-state index is 13.3. The molecular weight excluding hydrogens is 450 g/mol. The lowest BCUT2D eigenvalue weighted by molar-refractivity contribution is 0.102. The fourth-order valence-electron chi connectivity index (χ4n) is 4.67. The number of aryl methyl sites for hydroxylation is 2. The summed E-state index contributed by atoms with van der Waals surface area (Å²) in [5.41, 5.74) is 6.38. The summed E-state index contributed by atoms with van der Waals surface area (Å²) >= 11 is 0. The van der Waals surface area contributed by atoms with E-state index in [1.165, 1.54) is 11.1 Å². The summed E-state index contributed by atoms with van der Waals surface area (Å²) in [4.78, 5) is 13.3. The van der Waals surface area contributed by atoms with Gasteiger partial charge in [0.05, 0.1) is 47.9 Å². The van der Waals surface area contributed by atoms with Crippen molar-refractivity contribution in [2.24, 2.45) is 0 Å². The van der Waals surface area contributed by atoms with Crippen molar-refractivity contribution in [2.75, 3.05) is 12.4 Å². The van der Waals surface area contributed by atoms with Gasteiger partial charge >= 0.3 is 0 Å². The fourth-order valence-corrected chi connectivity index (χ4v) is 4.67. The van der Waals surface area contributed by atoms with Crippen molar-refractivity contribution >= 4 is 17.1 Å². The molecule has 7 heteroatoms. The molecule has 3 heterocycles. The van der Waals surface area contributed by atoms with Crippen molar-refractivity contribution < 1.29 is 9.53 Å². The molecule has 0 aliphatic heterocycles. The third-order valence-electron chi connectivity index (χ3n) is 6.44. The highest BCUT2D eigenvalue weighted by Gasteiger charge is 2.26. The van der Waals surface area contributed by atoms with Crippen LogP contribution in [0.5, 0.6) is 5.75 Å². The predicted molar refractivity (Wildman–Crippen MR) is 141 cm³/mol. The first-order chi connectivity index (χ1) is 17.6. The van der Waals surface area contributed by atoms with E-state index in [1.54, 1.807) is 24.2 Å². The van der Waals surface area contributed by atoms with Crippen molar-refractivity contribution in [1.29, 1.82) is 0 Å². The third-order valence-corrected chi connectivity index (χ3v) is 6.44. The molecular formula is C29H29N5O2. The van der Waals surface area contributed by atoms with Crippen LogP contribution in [0.2, 0.25) is 0 Å². The van der Waals surface area contributed by atoms with E-state index >= 15 is 0 Å². The second kappa shape index (κ2) is 10.1. The van der Waals surface area contributed by atoms with Gasteiger partial charge in [-0.3, -0.25) is 9.48 Å². The Morgan fingerprint density at radius 3 is 2.22 bits per heavy atom. The van der Waals surface area contributed by atoms with Crippen molar-refractivity contribution in [3.63, 3.8) is 0 Å². The van der Waals surface area contributed by atoms with E-state index in [1.807, 2.05) is 35.8 Å². The number of ether oxygens (including phenoxy) is 1. The number of amides is 1. The summed E-state index contributed by atoms with van der Waals surface area (Å²) in [6.45, 7) is 4.85. The van der Waals surface area contributed by atoms with Gasteiger partial charge in [-0.1, -0.05) is 67.6 Å². The molecule has 0 aliphatic carbocycles. The van der Waals surface area contributed by atoms with Crippen LogP contribution in [-0.2, 0) is 13.0 Å². The molecule has 0 saturated carbocycles. The van der Waals surface area contributed by atoms with Crippen LogP contribution in [0.3, 0.4) is 0 Å². The van der Waals surface area contributed by atoms with Gasteiger partial charge in [-0.05, 0) is 30.5 Å². The zero-order valence-electron chi connectivity index (χ0n) is 20.7. The topological polar surface area (TPSA) is 73.5 Å². The molecule has 1 N–H and O–H groups in total. The van der Waals surface area contributed by atoms with Crippen LogP contribution in [0.1, 0.15) is 52.5 Å². The number of carbonyl (C=O) groups is 1. The fraction of sp³-hybridized carbons (Fsp3) is 0.207. The Morgan fingerprint density at radius 2 is 1.67 bits per heavy atom. The lowest BCUT2D eigenvalue weighted by Crippen LogP contribution is -2.13. The van der Waals surface area contributed by atoms with E-state index in [4.69, 9.17) is 9.84 Å². The average molecular weight is 480 g/mol. The van der Waals surface area contributed by atoms with E-state index in [2.05, 4.69) is 65.9 Å². The number of nitrogens with one attached hydrogen (secondary N) is 1. The van der Waals surface area contributed by atoms with Gasteiger partial charge in [-0.25, -0.2) is 4.52 Å². The van der Waals surface area contributed by atoms with Crippen LogP contribution in [0, 0.1) is 0 Å².